The fraction of sp³-hybridized carbons (Fsp3) is 0.0769. The number of pyridine rings is 1. The Morgan fingerprint density at radius 1 is 1.41 bits per heavy atom. The number of nitrogens with one attached hydrogen (secondary N) is 1. The van der Waals surface area contributed by atoms with Crippen LogP contribution in [0.15, 0.2) is 44.5 Å². The molecule has 9 heteroatoms. The van der Waals surface area contributed by atoms with Crippen molar-refractivity contribution in [1.82, 2.24) is 4.98 Å². The van der Waals surface area contributed by atoms with Crippen LogP contribution in [0.5, 0.6) is 5.75 Å². The Balaban J connectivity index is 2.19. The third-order valence-electron chi connectivity index (χ3n) is 2.59. The van der Waals surface area contributed by atoms with E-state index in [9.17, 15) is 10.1 Å². The minimum Gasteiger partial charge on any atom is -0.494 e. The molecular weight excluding hydrogens is 420 g/mol. The number of ether oxygens (including phenoxy) is 1. The standard InChI is InChI=1S/C13H10Br2N4O3/c1-22-12-9(14)5-8(6-10(12)15)7-17-18-13-11(19(20)21)3-2-4-16-13/h2-7H,1H3,(H,16,18)/b17-7-. The molecule has 0 saturated heterocycles. The van der Waals surface area contributed by atoms with Crippen molar-refractivity contribution >= 4 is 49.6 Å². The van der Waals surface area contributed by atoms with Gasteiger partial charge in [0.15, 0.2) is 0 Å². The van der Waals surface area contributed by atoms with Crippen LogP contribution in [-0.4, -0.2) is 23.2 Å². The number of hydrogen-bond acceptors (Lipinski definition) is 6. The fourth-order valence-corrected chi connectivity index (χ4v) is 3.19. The maximum Gasteiger partial charge on any atom is 0.313 e. The van der Waals surface area contributed by atoms with E-state index in [4.69, 9.17) is 4.74 Å². The molecule has 22 heavy (non-hydrogen) atoms. The minimum atomic E-state index is -0.522. The summed E-state index contributed by atoms with van der Waals surface area (Å²) in [6, 6.07) is 6.46. The van der Waals surface area contributed by atoms with Crippen molar-refractivity contribution < 1.29 is 9.66 Å². The first kappa shape index (κ1) is 16.4. The third kappa shape index (κ3) is 3.80. The van der Waals surface area contributed by atoms with Gasteiger partial charge in [0.05, 0.1) is 27.2 Å². The zero-order valence-corrected chi connectivity index (χ0v) is 14.5. The molecule has 0 aliphatic rings. The summed E-state index contributed by atoms with van der Waals surface area (Å²) in [6.45, 7) is 0. The molecule has 1 heterocycles. The van der Waals surface area contributed by atoms with Crippen molar-refractivity contribution in [3.8, 4) is 5.75 Å². The predicted octanol–water partition coefficient (Wildman–Crippen LogP) is 3.97. The van der Waals surface area contributed by atoms with Crippen LogP contribution in [0.4, 0.5) is 11.5 Å². The van der Waals surface area contributed by atoms with Crippen LogP contribution in [0.2, 0.25) is 0 Å². The summed E-state index contributed by atoms with van der Waals surface area (Å²) < 4.78 is 6.73. The van der Waals surface area contributed by atoms with Gasteiger partial charge in [-0.3, -0.25) is 15.5 Å². The summed E-state index contributed by atoms with van der Waals surface area (Å²) in [5.41, 5.74) is 3.19. The van der Waals surface area contributed by atoms with Gasteiger partial charge in [0, 0.05) is 12.3 Å². The summed E-state index contributed by atoms with van der Waals surface area (Å²) in [7, 11) is 1.57. The number of aromatic nitrogens is 1. The van der Waals surface area contributed by atoms with Crippen molar-refractivity contribution in [3.63, 3.8) is 0 Å². The Bertz CT molecular complexity index is 714. The Labute approximate surface area is 142 Å². The van der Waals surface area contributed by atoms with Crippen molar-refractivity contribution in [2.45, 2.75) is 0 Å². The number of nitrogens with zero attached hydrogens (tertiary/aromatic N) is 3. The second-order valence-corrected chi connectivity index (χ2v) is 5.72. The topological polar surface area (TPSA) is 89.7 Å². The van der Waals surface area contributed by atoms with Gasteiger partial charge in [0.1, 0.15) is 5.75 Å². The predicted molar refractivity (Wildman–Crippen MR) is 90.5 cm³/mol. The number of hydrazone groups is 1. The molecule has 2 rings (SSSR count). The summed E-state index contributed by atoms with van der Waals surface area (Å²) >= 11 is 6.77. The smallest absolute Gasteiger partial charge is 0.313 e. The van der Waals surface area contributed by atoms with Gasteiger partial charge in [0.25, 0.3) is 0 Å². The van der Waals surface area contributed by atoms with Crippen LogP contribution in [0, 0.1) is 10.1 Å². The van der Waals surface area contributed by atoms with Crippen LogP contribution in [0.1, 0.15) is 5.56 Å². The quantitative estimate of drug-likeness (QED) is 0.441. The number of nitro groups is 1. The number of anilines is 1. The molecule has 0 saturated carbocycles. The minimum absolute atomic E-state index is 0.0791. The highest BCUT2D eigenvalue weighted by atomic mass is 79.9. The van der Waals surface area contributed by atoms with Crippen LogP contribution < -0.4 is 10.2 Å². The lowest BCUT2D eigenvalue weighted by atomic mass is 10.2. The van der Waals surface area contributed by atoms with Gasteiger partial charge in [-0.15, -0.1) is 0 Å². The van der Waals surface area contributed by atoms with Crippen molar-refractivity contribution in [3.05, 3.63) is 55.1 Å². The van der Waals surface area contributed by atoms with Gasteiger partial charge >= 0.3 is 5.69 Å². The molecule has 0 aliphatic heterocycles. The summed E-state index contributed by atoms with van der Waals surface area (Å²) in [6.07, 6.45) is 2.97. The van der Waals surface area contributed by atoms with E-state index in [1.54, 1.807) is 7.11 Å². The number of methoxy groups -OCH3 is 1. The van der Waals surface area contributed by atoms with Gasteiger partial charge in [-0.05, 0) is 55.6 Å². The largest absolute Gasteiger partial charge is 0.494 e. The molecule has 114 valence electrons. The lowest BCUT2D eigenvalue weighted by Gasteiger charge is -2.06. The number of rotatable bonds is 5. The SMILES string of the molecule is COc1c(Br)cc(/C=N\Nc2ncccc2[N+](=O)[O-])cc1Br. The lowest BCUT2D eigenvalue weighted by Crippen LogP contribution is -1.99. The Morgan fingerprint density at radius 3 is 2.68 bits per heavy atom. The highest BCUT2D eigenvalue weighted by Gasteiger charge is 2.13. The first-order valence-electron chi connectivity index (χ1n) is 5.94. The fourth-order valence-electron chi connectivity index (χ4n) is 1.65. The van der Waals surface area contributed by atoms with E-state index in [1.165, 1.54) is 24.5 Å². The van der Waals surface area contributed by atoms with Crippen LogP contribution in [-0.2, 0) is 0 Å². The molecule has 0 fully saturated rings. The second-order valence-electron chi connectivity index (χ2n) is 4.02. The van der Waals surface area contributed by atoms with Crippen LogP contribution in [0.25, 0.3) is 0 Å². The van der Waals surface area contributed by atoms with E-state index in [2.05, 4.69) is 47.4 Å². The molecule has 0 unspecified atom stereocenters. The summed E-state index contributed by atoms with van der Waals surface area (Å²) in [5, 5.41) is 14.8. The first-order valence-corrected chi connectivity index (χ1v) is 7.53. The molecule has 1 N–H and O–H groups in total. The van der Waals surface area contributed by atoms with E-state index in [-0.39, 0.29) is 11.5 Å². The summed E-state index contributed by atoms with van der Waals surface area (Å²) in [4.78, 5) is 14.2. The maximum absolute atomic E-state index is 10.9. The van der Waals surface area contributed by atoms with E-state index < -0.39 is 4.92 Å². The second kappa shape index (κ2) is 7.32. The van der Waals surface area contributed by atoms with Crippen LogP contribution >= 0.6 is 31.9 Å². The zero-order chi connectivity index (χ0) is 16.1. The molecule has 0 amide bonds. The maximum atomic E-state index is 10.9. The zero-order valence-electron chi connectivity index (χ0n) is 11.3. The lowest BCUT2D eigenvalue weighted by molar-refractivity contribution is -0.384. The highest BCUT2D eigenvalue weighted by Crippen LogP contribution is 2.34. The van der Waals surface area contributed by atoms with Gasteiger partial charge in [-0.1, -0.05) is 0 Å². The van der Waals surface area contributed by atoms with E-state index >= 15 is 0 Å². The van der Waals surface area contributed by atoms with Gasteiger partial charge in [-0.2, -0.15) is 5.10 Å². The number of benzene rings is 1. The average molecular weight is 430 g/mol. The average Bonchev–Trinajstić information content (AvgIpc) is 2.47. The van der Waals surface area contributed by atoms with Gasteiger partial charge in [-0.25, -0.2) is 4.98 Å². The van der Waals surface area contributed by atoms with Crippen molar-refractivity contribution in [2.75, 3.05) is 12.5 Å². The molecule has 0 radical (unpaired) electrons. The molecule has 2 aromatic rings. The number of halogens is 2. The molecular formula is C13H10Br2N4O3. The Kier molecular flexibility index (Phi) is 5.45. The number of hydrogen-bond donors (Lipinski definition) is 1. The van der Waals surface area contributed by atoms with Gasteiger partial charge < -0.3 is 4.74 Å². The highest BCUT2D eigenvalue weighted by molar-refractivity contribution is 9.11. The van der Waals surface area contributed by atoms with Crippen molar-refractivity contribution in [2.24, 2.45) is 5.10 Å². The molecule has 0 aliphatic carbocycles. The van der Waals surface area contributed by atoms with E-state index in [0.717, 1.165) is 14.5 Å². The molecule has 1 aromatic carbocycles. The molecule has 1 aromatic heterocycles. The van der Waals surface area contributed by atoms with Crippen molar-refractivity contribution in [1.29, 1.82) is 0 Å². The molecule has 7 nitrogen and oxygen atoms in total. The molecule has 0 spiro atoms. The van der Waals surface area contributed by atoms with Gasteiger partial charge in [0.2, 0.25) is 5.82 Å². The van der Waals surface area contributed by atoms with Crippen LogP contribution in [0.3, 0.4) is 0 Å². The summed E-state index contributed by atoms with van der Waals surface area (Å²) in [5.74, 6) is 0.751. The van der Waals surface area contributed by atoms with E-state index in [1.807, 2.05) is 12.1 Å². The molecule has 0 bridgehead atoms. The first-order chi connectivity index (χ1) is 10.5. The third-order valence-corrected chi connectivity index (χ3v) is 3.77. The Morgan fingerprint density at radius 2 is 2.09 bits per heavy atom. The van der Waals surface area contributed by atoms with E-state index in [0.29, 0.717) is 5.75 Å². The monoisotopic (exact) mass is 428 g/mol. The molecule has 0 atom stereocenters. The Hall–Kier alpha value is -2.00. The normalized spacial score (nSPS) is 10.7.